The summed E-state index contributed by atoms with van der Waals surface area (Å²) in [6.07, 6.45) is 8.84. The maximum absolute atomic E-state index is 12.2. The Morgan fingerprint density at radius 3 is 2.48 bits per heavy atom. The lowest BCUT2D eigenvalue weighted by Gasteiger charge is -2.13. The van der Waals surface area contributed by atoms with Gasteiger partial charge in [0, 0.05) is 18.1 Å². The van der Waals surface area contributed by atoms with Gasteiger partial charge in [-0.2, -0.15) is 0 Å². The number of allylic oxidation sites excluding steroid dienone is 3. The van der Waals surface area contributed by atoms with E-state index in [1.54, 1.807) is 6.08 Å². The minimum absolute atomic E-state index is 0.0661. The minimum Gasteiger partial charge on any atom is -0.507 e. The van der Waals surface area contributed by atoms with E-state index in [0.29, 0.717) is 12.8 Å². The van der Waals surface area contributed by atoms with Crippen LogP contribution in [0.5, 0.6) is 11.5 Å². The van der Waals surface area contributed by atoms with Gasteiger partial charge in [0.25, 0.3) is 0 Å². The van der Waals surface area contributed by atoms with Crippen LogP contribution in [0, 0.1) is 0 Å². The number of hydrogen-bond acceptors (Lipinski definition) is 5. The highest BCUT2D eigenvalue weighted by Gasteiger charge is 2.24. The number of phenolic OH excluding ortho intramolecular Hbond substituents is 2. The molecule has 0 bridgehead atoms. The zero-order valence-corrected chi connectivity index (χ0v) is 13.2. The molecule has 0 amide bonds. The van der Waals surface area contributed by atoms with Crippen LogP contribution in [0.2, 0.25) is 5.02 Å². The molecule has 1 heterocycles. The number of esters is 1. The van der Waals surface area contributed by atoms with Crippen molar-refractivity contribution in [2.45, 2.75) is 25.7 Å². The summed E-state index contributed by atoms with van der Waals surface area (Å²) in [7, 11) is 0. The first-order chi connectivity index (χ1) is 11.0. The quantitative estimate of drug-likeness (QED) is 0.561. The third-order valence-electron chi connectivity index (χ3n) is 3.36. The maximum Gasteiger partial charge on any atom is 0.342 e. The standard InChI is InChI=1S/C17H17ClO5/c18-16-12-9-11(19)7-5-3-1-2-4-6-8-23-17(22)15(12)13(20)10-14(16)21/h2,4-5,7,10,20-21H,1,3,6,8-9H2/b4-2+,7-5+. The van der Waals surface area contributed by atoms with Gasteiger partial charge in [0.1, 0.15) is 17.1 Å². The number of fused-ring (bicyclic) bond motifs is 1. The number of ether oxygens (including phenoxy) is 1. The number of aromatic hydroxyl groups is 2. The van der Waals surface area contributed by atoms with Crippen molar-refractivity contribution in [2.75, 3.05) is 6.61 Å². The third kappa shape index (κ3) is 4.36. The summed E-state index contributed by atoms with van der Waals surface area (Å²) in [5.41, 5.74) is -0.119. The molecule has 2 rings (SSSR count). The van der Waals surface area contributed by atoms with E-state index in [1.165, 1.54) is 6.08 Å². The van der Waals surface area contributed by atoms with Gasteiger partial charge in [-0.05, 0) is 25.3 Å². The highest BCUT2D eigenvalue weighted by Crippen LogP contribution is 2.37. The van der Waals surface area contributed by atoms with Crippen LogP contribution in [0.3, 0.4) is 0 Å². The largest absolute Gasteiger partial charge is 0.507 e. The summed E-state index contributed by atoms with van der Waals surface area (Å²) < 4.78 is 5.10. The molecule has 0 aromatic heterocycles. The number of cyclic esters (lactones) is 1. The molecule has 1 aliphatic heterocycles. The van der Waals surface area contributed by atoms with Crippen molar-refractivity contribution in [3.63, 3.8) is 0 Å². The van der Waals surface area contributed by atoms with Crippen LogP contribution >= 0.6 is 11.6 Å². The van der Waals surface area contributed by atoms with Crippen molar-refractivity contribution < 1.29 is 24.5 Å². The lowest BCUT2D eigenvalue weighted by atomic mass is 10.00. The van der Waals surface area contributed by atoms with Crippen LogP contribution in [0.1, 0.15) is 35.2 Å². The van der Waals surface area contributed by atoms with Crippen molar-refractivity contribution in [3.8, 4) is 11.5 Å². The molecule has 1 aliphatic rings. The number of carbonyl (C=O) groups excluding carboxylic acids is 2. The van der Waals surface area contributed by atoms with Gasteiger partial charge >= 0.3 is 5.97 Å². The van der Waals surface area contributed by atoms with Crippen LogP contribution < -0.4 is 0 Å². The molecule has 2 N–H and O–H groups in total. The van der Waals surface area contributed by atoms with E-state index in [4.69, 9.17) is 16.3 Å². The highest BCUT2D eigenvalue weighted by molar-refractivity contribution is 6.33. The molecule has 0 aliphatic carbocycles. The fourth-order valence-corrected chi connectivity index (χ4v) is 2.46. The molecule has 122 valence electrons. The summed E-state index contributed by atoms with van der Waals surface area (Å²) in [5.74, 6) is -1.92. The van der Waals surface area contributed by atoms with Crippen LogP contribution in [0.25, 0.3) is 0 Å². The predicted octanol–water partition coefficient (Wildman–Crippen LogP) is 3.32. The Hall–Kier alpha value is -2.27. The molecule has 1 aromatic rings. The van der Waals surface area contributed by atoms with Crippen LogP contribution in [-0.2, 0) is 16.0 Å². The van der Waals surface area contributed by atoms with E-state index < -0.39 is 17.5 Å². The summed E-state index contributed by atoms with van der Waals surface area (Å²) in [4.78, 5) is 24.2. The molecule has 0 unspecified atom stereocenters. The van der Waals surface area contributed by atoms with Crippen molar-refractivity contribution >= 4 is 23.4 Å². The van der Waals surface area contributed by atoms with E-state index in [0.717, 1.165) is 12.5 Å². The molecule has 0 fully saturated rings. The molecular formula is C17H17ClO5. The number of halogens is 1. The average molecular weight is 337 g/mol. The first-order valence-electron chi connectivity index (χ1n) is 7.25. The molecule has 0 spiro atoms. The summed E-state index contributed by atoms with van der Waals surface area (Å²) >= 11 is 6.01. The Labute approximate surface area is 138 Å². The van der Waals surface area contributed by atoms with Gasteiger partial charge in [0.15, 0.2) is 5.78 Å². The normalized spacial score (nSPS) is 19.3. The average Bonchev–Trinajstić information content (AvgIpc) is 2.50. The Bertz CT molecular complexity index is 676. The number of hydrogen-bond donors (Lipinski definition) is 2. The number of carbonyl (C=O) groups is 2. The van der Waals surface area contributed by atoms with E-state index in [2.05, 4.69) is 0 Å². The lowest BCUT2D eigenvalue weighted by molar-refractivity contribution is -0.114. The molecule has 0 saturated carbocycles. The van der Waals surface area contributed by atoms with Crippen molar-refractivity contribution in [1.29, 1.82) is 0 Å². The number of phenols is 2. The summed E-state index contributed by atoms with van der Waals surface area (Å²) in [6.45, 7) is 0.149. The topological polar surface area (TPSA) is 83.8 Å². The van der Waals surface area contributed by atoms with Gasteiger partial charge < -0.3 is 14.9 Å². The fourth-order valence-electron chi connectivity index (χ4n) is 2.25. The number of rotatable bonds is 0. The Kier molecular flexibility index (Phi) is 5.82. The first-order valence-corrected chi connectivity index (χ1v) is 7.63. The summed E-state index contributed by atoms with van der Waals surface area (Å²) in [5, 5.41) is 19.5. The van der Waals surface area contributed by atoms with Gasteiger partial charge in [-0.15, -0.1) is 0 Å². The van der Waals surface area contributed by atoms with Crippen molar-refractivity contribution in [1.82, 2.24) is 0 Å². The Morgan fingerprint density at radius 2 is 1.70 bits per heavy atom. The first kappa shape index (κ1) is 17.1. The van der Waals surface area contributed by atoms with Crippen LogP contribution in [0.4, 0.5) is 0 Å². The number of benzene rings is 1. The maximum atomic E-state index is 12.2. The van der Waals surface area contributed by atoms with E-state index in [-0.39, 0.29) is 35.0 Å². The predicted molar refractivity (Wildman–Crippen MR) is 85.9 cm³/mol. The SMILES string of the molecule is O=C1/C=C/CC/C=C/CCOC(=O)c2c(O)cc(O)c(Cl)c2C1. The molecular weight excluding hydrogens is 320 g/mol. The van der Waals surface area contributed by atoms with Gasteiger partial charge in [0.05, 0.1) is 11.6 Å². The molecule has 0 radical (unpaired) electrons. The molecule has 6 heteroatoms. The van der Waals surface area contributed by atoms with E-state index in [1.807, 2.05) is 12.2 Å². The second kappa shape index (κ2) is 7.83. The Balaban J connectivity index is 2.45. The van der Waals surface area contributed by atoms with Crippen molar-refractivity contribution in [3.05, 3.63) is 46.5 Å². The second-order valence-electron chi connectivity index (χ2n) is 5.10. The third-order valence-corrected chi connectivity index (χ3v) is 3.79. The van der Waals surface area contributed by atoms with Crippen LogP contribution in [-0.4, -0.2) is 28.6 Å². The monoisotopic (exact) mass is 336 g/mol. The van der Waals surface area contributed by atoms with Gasteiger partial charge in [-0.1, -0.05) is 29.8 Å². The molecule has 1 aromatic carbocycles. The number of ketones is 1. The van der Waals surface area contributed by atoms with E-state index in [9.17, 15) is 19.8 Å². The Morgan fingerprint density at radius 1 is 1.00 bits per heavy atom. The molecule has 5 nitrogen and oxygen atoms in total. The zero-order chi connectivity index (χ0) is 16.8. The zero-order valence-electron chi connectivity index (χ0n) is 12.4. The second-order valence-corrected chi connectivity index (χ2v) is 5.48. The van der Waals surface area contributed by atoms with Gasteiger partial charge in [0.2, 0.25) is 0 Å². The molecule has 23 heavy (non-hydrogen) atoms. The van der Waals surface area contributed by atoms with Gasteiger partial charge in [-0.3, -0.25) is 4.79 Å². The summed E-state index contributed by atoms with van der Waals surface area (Å²) in [6, 6.07) is 0.964. The fraction of sp³-hybridized carbons (Fsp3) is 0.294. The smallest absolute Gasteiger partial charge is 0.342 e. The van der Waals surface area contributed by atoms with Crippen molar-refractivity contribution in [2.24, 2.45) is 0 Å². The minimum atomic E-state index is -0.776. The molecule has 0 atom stereocenters. The van der Waals surface area contributed by atoms with Crippen LogP contribution in [0.15, 0.2) is 30.4 Å². The molecule has 0 saturated heterocycles. The lowest BCUT2D eigenvalue weighted by Crippen LogP contribution is -2.12. The van der Waals surface area contributed by atoms with Gasteiger partial charge in [-0.25, -0.2) is 4.79 Å². The van der Waals surface area contributed by atoms with E-state index >= 15 is 0 Å². The highest BCUT2D eigenvalue weighted by atomic mass is 35.5.